The molecule has 1 unspecified atom stereocenters. The summed E-state index contributed by atoms with van der Waals surface area (Å²) in [4.78, 5) is 8.73. The van der Waals surface area contributed by atoms with Crippen LogP contribution >= 0.6 is 0 Å². The monoisotopic (exact) mass is 248 g/mol. The average molecular weight is 248 g/mol. The van der Waals surface area contributed by atoms with Gasteiger partial charge < -0.3 is 10.6 Å². The number of hydrogen-bond donors (Lipinski definition) is 2. The van der Waals surface area contributed by atoms with Crippen LogP contribution in [-0.2, 0) is 6.42 Å². The number of piperidine rings is 1. The Labute approximate surface area is 110 Å². The Balaban J connectivity index is 1.78. The number of nitrogens with one attached hydrogen (secondary N) is 2. The summed E-state index contributed by atoms with van der Waals surface area (Å²) in [6.07, 6.45) is 8.79. The van der Waals surface area contributed by atoms with E-state index in [4.69, 9.17) is 0 Å². The first-order valence-corrected chi connectivity index (χ1v) is 7.02. The van der Waals surface area contributed by atoms with E-state index in [-0.39, 0.29) is 0 Å². The smallest absolute Gasteiger partial charge is 0.222 e. The maximum Gasteiger partial charge on any atom is 0.222 e. The lowest BCUT2D eigenvalue weighted by molar-refractivity contribution is 0.413. The molecule has 4 nitrogen and oxygen atoms in total. The van der Waals surface area contributed by atoms with Crippen molar-refractivity contribution in [1.29, 1.82) is 0 Å². The van der Waals surface area contributed by atoms with Crippen LogP contribution < -0.4 is 10.6 Å². The van der Waals surface area contributed by atoms with E-state index < -0.39 is 0 Å². The van der Waals surface area contributed by atoms with Gasteiger partial charge in [0, 0.05) is 25.0 Å². The Hall–Kier alpha value is -1.16. The summed E-state index contributed by atoms with van der Waals surface area (Å²) in [5.74, 6) is 1.40. The fourth-order valence-electron chi connectivity index (χ4n) is 2.34. The fraction of sp³-hybridized carbons (Fsp3) is 0.714. The second kappa shape index (κ2) is 6.69. The van der Waals surface area contributed by atoms with Gasteiger partial charge in [-0.05, 0) is 37.3 Å². The zero-order chi connectivity index (χ0) is 12.8. The predicted molar refractivity (Wildman–Crippen MR) is 74.7 cm³/mol. The summed E-state index contributed by atoms with van der Waals surface area (Å²) in [5, 5.41) is 6.82. The number of aromatic nitrogens is 2. The molecule has 1 aliphatic rings. The van der Waals surface area contributed by atoms with Crippen LogP contribution in [0.3, 0.4) is 0 Å². The van der Waals surface area contributed by atoms with Crippen molar-refractivity contribution in [2.45, 2.75) is 45.6 Å². The number of hydrogen-bond acceptors (Lipinski definition) is 4. The van der Waals surface area contributed by atoms with Gasteiger partial charge in [-0.3, -0.25) is 0 Å². The highest BCUT2D eigenvalue weighted by Gasteiger charge is 2.12. The predicted octanol–water partition coefficient (Wildman–Crippen LogP) is 2.23. The molecule has 0 aromatic carbocycles. The average Bonchev–Trinajstić information content (AvgIpc) is 2.38. The van der Waals surface area contributed by atoms with Gasteiger partial charge in [0.25, 0.3) is 0 Å². The van der Waals surface area contributed by atoms with Crippen LogP contribution in [0.2, 0.25) is 0 Å². The number of rotatable bonds is 5. The van der Waals surface area contributed by atoms with Crippen molar-refractivity contribution in [3.05, 3.63) is 18.0 Å². The van der Waals surface area contributed by atoms with E-state index >= 15 is 0 Å². The SMILES string of the molecule is CC(C)Cc1cnc(NCC2CCCCN2)nc1. The molecule has 0 bridgehead atoms. The summed E-state index contributed by atoms with van der Waals surface area (Å²) >= 11 is 0. The minimum atomic E-state index is 0.567. The molecular formula is C14H24N4. The minimum Gasteiger partial charge on any atom is -0.353 e. The highest BCUT2D eigenvalue weighted by molar-refractivity contribution is 5.25. The highest BCUT2D eigenvalue weighted by Crippen LogP contribution is 2.09. The summed E-state index contributed by atoms with van der Waals surface area (Å²) in [7, 11) is 0. The van der Waals surface area contributed by atoms with Gasteiger partial charge in [-0.25, -0.2) is 9.97 Å². The van der Waals surface area contributed by atoms with Crippen LogP contribution in [0, 0.1) is 5.92 Å². The van der Waals surface area contributed by atoms with Crippen molar-refractivity contribution in [3.63, 3.8) is 0 Å². The Morgan fingerprint density at radius 2 is 2.11 bits per heavy atom. The fourth-order valence-corrected chi connectivity index (χ4v) is 2.34. The Morgan fingerprint density at radius 3 is 2.72 bits per heavy atom. The van der Waals surface area contributed by atoms with E-state index in [1.54, 1.807) is 0 Å². The third kappa shape index (κ3) is 4.26. The Bertz CT molecular complexity index is 341. The molecule has 0 spiro atoms. The van der Waals surface area contributed by atoms with Gasteiger partial charge >= 0.3 is 0 Å². The van der Waals surface area contributed by atoms with Crippen LogP contribution in [0.25, 0.3) is 0 Å². The lowest BCUT2D eigenvalue weighted by atomic mass is 10.1. The minimum absolute atomic E-state index is 0.567. The normalized spacial score (nSPS) is 20.1. The summed E-state index contributed by atoms with van der Waals surface area (Å²) in [5.41, 5.74) is 1.21. The first-order valence-electron chi connectivity index (χ1n) is 7.02. The van der Waals surface area contributed by atoms with Crippen LogP contribution in [-0.4, -0.2) is 29.1 Å². The molecule has 1 atom stereocenters. The second-order valence-electron chi connectivity index (χ2n) is 5.54. The van der Waals surface area contributed by atoms with Crippen LogP contribution in [0.15, 0.2) is 12.4 Å². The lowest BCUT2D eigenvalue weighted by Gasteiger charge is -2.23. The van der Waals surface area contributed by atoms with Crippen molar-refractivity contribution in [3.8, 4) is 0 Å². The topological polar surface area (TPSA) is 49.8 Å². The number of anilines is 1. The molecule has 4 heteroatoms. The molecule has 0 radical (unpaired) electrons. The van der Waals surface area contributed by atoms with E-state index in [9.17, 15) is 0 Å². The Morgan fingerprint density at radius 1 is 1.33 bits per heavy atom. The molecule has 1 aromatic heterocycles. The van der Waals surface area contributed by atoms with Gasteiger partial charge in [-0.15, -0.1) is 0 Å². The lowest BCUT2D eigenvalue weighted by Crippen LogP contribution is -2.39. The zero-order valence-electron chi connectivity index (χ0n) is 11.4. The van der Waals surface area contributed by atoms with E-state index in [2.05, 4.69) is 34.4 Å². The van der Waals surface area contributed by atoms with E-state index in [1.165, 1.54) is 24.8 Å². The summed E-state index contributed by atoms with van der Waals surface area (Å²) < 4.78 is 0. The second-order valence-corrected chi connectivity index (χ2v) is 5.54. The van der Waals surface area contributed by atoms with Gasteiger partial charge in [-0.1, -0.05) is 20.3 Å². The molecule has 0 aliphatic carbocycles. The maximum absolute atomic E-state index is 4.37. The van der Waals surface area contributed by atoms with Crippen molar-refractivity contribution in [2.24, 2.45) is 5.92 Å². The zero-order valence-corrected chi connectivity index (χ0v) is 11.4. The molecule has 2 heterocycles. The molecule has 100 valence electrons. The molecule has 2 rings (SSSR count). The number of nitrogens with zero attached hydrogens (tertiary/aromatic N) is 2. The van der Waals surface area contributed by atoms with Gasteiger partial charge in [0.2, 0.25) is 5.95 Å². The maximum atomic E-state index is 4.37. The van der Waals surface area contributed by atoms with E-state index in [0.717, 1.165) is 25.5 Å². The van der Waals surface area contributed by atoms with Crippen LogP contribution in [0.1, 0.15) is 38.7 Å². The largest absolute Gasteiger partial charge is 0.353 e. The van der Waals surface area contributed by atoms with E-state index in [1.807, 2.05) is 12.4 Å². The van der Waals surface area contributed by atoms with Crippen molar-refractivity contribution < 1.29 is 0 Å². The molecule has 0 amide bonds. The van der Waals surface area contributed by atoms with Crippen molar-refractivity contribution in [2.75, 3.05) is 18.4 Å². The highest BCUT2D eigenvalue weighted by atomic mass is 15.1. The van der Waals surface area contributed by atoms with Crippen molar-refractivity contribution >= 4 is 5.95 Å². The first-order chi connectivity index (χ1) is 8.74. The molecule has 1 saturated heterocycles. The van der Waals surface area contributed by atoms with Crippen LogP contribution in [0.4, 0.5) is 5.95 Å². The molecular weight excluding hydrogens is 224 g/mol. The molecule has 1 aromatic rings. The third-order valence-corrected chi connectivity index (χ3v) is 3.27. The van der Waals surface area contributed by atoms with Gasteiger partial charge in [0.05, 0.1) is 0 Å². The molecule has 0 saturated carbocycles. The van der Waals surface area contributed by atoms with E-state index in [0.29, 0.717) is 12.0 Å². The van der Waals surface area contributed by atoms with Crippen molar-refractivity contribution in [1.82, 2.24) is 15.3 Å². The standard InChI is InChI=1S/C14H24N4/c1-11(2)7-12-8-16-14(17-9-12)18-10-13-5-3-4-6-15-13/h8-9,11,13,15H,3-7,10H2,1-2H3,(H,16,17,18). The Kier molecular flexibility index (Phi) is 4.93. The summed E-state index contributed by atoms with van der Waals surface area (Å²) in [6, 6.07) is 0.567. The van der Waals surface area contributed by atoms with Gasteiger partial charge in [0.15, 0.2) is 0 Å². The first kappa shape index (κ1) is 13.3. The third-order valence-electron chi connectivity index (χ3n) is 3.27. The van der Waals surface area contributed by atoms with Gasteiger partial charge in [0.1, 0.15) is 0 Å². The quantitative estimate of drug-likeness (QED) is 0.839. The van der Waals surface area contributed by atoms with Gasteiger partial charge in [-0.2, -0.15) is 0 Å². The molecule has 2 N–H and O–H groups in total. The molecule has 1 aliphatic heterocycles. The molecule has 18 heavy (non-hydrogen) atoms. The van der Waals surface area contributed by atoms with Crippen LogP contribution in [0.5, 0.6) is 0 Å². The molecule has 1 fully saturated rings. The summed E-state index contributed by atoms with van der Waals surface area (Å²) in [6.45, 7) is 6.48.